The molecule has 1 N–H and O–H groups in total. The van der Waals surface area contributed by atoms with Crippen molar-refractivity contribution < 1.29 is 27.8 Å². The van der Waals surface area contributed by atoms with Gasteiger partial charge >= 0.3 is 0 Å². The van der Waals surface area contributed by atoms with Gasteiger partial charge in [0, 0.05) is 52.3 Å². The zero-order valence-corrected chi connectivity index (χ0v) is 21.7. The largest absolute Gasteiger partial charge is 0.487 e. The number of amides is 2. The zero-order valence-electron chi connectivity index (χ0n) is 21.7. The number of nitrogens with one attached hydrogen (secondary N) is 1. The Morgan fingerprint density at radius 2 is 1.87 bits per heavy atom. The molecule has 1 aromatic heterocycles. The summed E-state index contributed by atoms with van der Waals surface area (Å²) < 4.78 is 38.3. The number of pyridine rings is 1. The molecule has 2 heterocycles. The maximum absolute atomic E-state index is 14.1. The summed E-state index contributed by atoms with van der Waals surface area (Å²) in [5, 5.41) is 12.6. The lowest BCUT2D eigenvalue weighted by atomic mass is 10.0. The van der Waals surface area contributed by atoms with Crippen molar-refractivity contribution >= 4 is 23.2 Å². The van der Waals surface area contributed by atoms with Crippen LogP contribution in [0.25, 0.3) is 0 Å². The van der Waals surface area contributed by atoms with E-state index in [-0.39, 0.29) is 40.3 Å². The van der Waals surface area contributed by atoms with E-state index in [0.29, 0.717) is 37.3 Å². The molecular weight excluding hydrogens is 508 g/mol. The molecule has 9 nitrogen and oxygen atoms in total. The minimum Gasteiger partial charge on any atom is -0.487 e. The molecule has 4 rings (SSSR count). The number of hydrogen-bond acceptors (Lipinski definition) is 7. The highest BCUT2D eigenvalue weighted by molar-refractivity contribution is 6.08. The molecule has 1 saturated heterocycles. The van der Waals surface area contributed by atoms with Crippen LogP contribution in [0, 0.1) is 23.0 Å². The summed E-state index contributed by atoms with van der Waals surface area (Å²) >= 11 is 0. The average molecular weight is 536 g/mol. The standard InChI is InChI=1S/C28H27F2N5O4/c1-34(2)28(37)21-15-24(35-11-8-19(9-12-35)39-25-7-6-18(29)14-22(25)30)23(13-17(21)16-31)33-26(36)20-5-4-10-32-27(20)38-3/h4-7,10,13-15,19H,8-9,11-12H2,1-3H3,(H,33,36). The number of aromatic nitrogens is 1. The van der Waals surface area contributed by atoms with Crippen LogP contribution in [-0.4, -0.2) is 62.1 Å². The topological polar surface area (TPSA) is 108 Å². The van der Waals surface area contributed by atoms with Crippen molar-refractivity contribution in [2.45, 2.75) is 18.9 Å². The summed E-state index contributed by atoms with van der Waals surface area (Å²) in [5.41, 5.74) is 1.38. The fourth-order valence-electron chi connectivity index (χ4n) is 4.34. The van der Waals surface area contributed by atoms with E-state index in [1.54, 1.807) is 32.3 Å². The molecule has 0 radical (unpaired) electrons. The molecule has 1 aliphatic heterocycles. The first-order chi connectivity index (χ1) is 18.7. The number of methoxy groups -OCH3 is 1. The normalized spacial score (nSPS) is 13.4. The van der Waals surface area contributed by atoms with E-state index in [9.17, 15) is 23.6 Å². The molecule has 2 aromatic carbocycles. The SMILES string of the molecule is COc1ncccc1C(=O)Nc1cc(C#N)c(C(=O)N(C)C)cc1N1CCC(Oc2ccc(F)cc2F)CC1. The van der Waals surface area contributed by atoms with Gasteiger partial charge < -0.3 is 24.6 Å². The molecular formula is C28H27F2N5O4. The van der Waals surface area contributed by atoms with E-state index < -0.39 is 17.5 Å². The van der Waals surface area contributed by atoms with Gasteiger partial charge in [0.05, 0.1) is 29.6 Å². The molecule has 11 heteroatoms. The van der Waals surface area contributed by atoms with Gasteiger partial charge in [0.1, 0.15) is 23.6 Å². The Labute approximate surface area is 224 Å². The summed E-state index contributed by atoms with van der Waals surface area (Å²) in [7, 11) is 4.58. The number of hydrogen-bond donors (Lipinski definition) is 1. The van der Waals surface area contributed by atoms with Gasteiger partial charge in [-0.3, -0.25) is 9.59 Å². The van der Waals surface area contributed by atoms with Gasteiger partial charge in [-0.2, -0.15) is 5.26 Å². The predicted octanol–water partition coefficient (Wildman–Crippen LogP) is 4.24. The van der Waals surface area contributed by atoms with E-state index in [1.165, 1.54) is 30.3 Å². The molecule has 0 spiro atoms. The van der Waals surface area contributed by atoms with Gasteiger partial charge in [-0.05, 0) is 36.4 Å². The molecule has 0 atom stereocenters. The van der Waals surface area contributed by atoms with E-state index in [0.717, 1.165) is 12.1 Å². The minimum atomic E-state index is -0.771. The fraction of sp³-hybridized carbons (Fsp3) is 0.286. The van der Waals surface area contributed by atoms with E-state index in [2.05, 4.69) is 10.3 Å². The number of rotatable bonds is 7. The maximum atomic E-state index is 14.1. The number of nitriles is 1. The third-order valence-corrected chi connectivity index (χ3v) is 6.32. The predicted molar refractivity (Wildman–Crippen MR) is 140 cm³/mol. The summed E-state index contributed by atoms with van der Waals surface area (Å²) in [6, 6.07) is 11.5. The highest BCUT2D eigenvalue weighted by atomic mass is 19.1. The van der Waals surface area contributed by atoms with Crippen LogP contribution in [0.3, 0.4) is 0 Å². The van der Waals surface area contributed by atoms with Gasteiger partial charge in [0.15, 0.2) is 11.6 Å². The number of anilines is 2. The Morgan fingerprint density at radius 3 is 2.51 bits per heavy atom. The van der Waals surface area contributed by atoms with Gasteiger partial charge in [-0.1, -0.05) is 0 Å². The summed E-state index contributed by atoms with van der Waals surface area (Å²) in [5.74, 6) is -2.19. The number of ether oxygens (including phenoxy) is 2. The van der Waals surface area contributed by atoms with E-state index in [1.807, 2.05) is 11.0 Å². The molecule has 1 fully saturated rings. The minimum absolute atomic E-state index is 0.0227. The number of piperidine rings is 1. The van der Waals surface area contributed by atoms with Crippen molar-refractivity contribution in [3.63, 3.8) is 0 Å². The van der Waals surface area contributed by atoms with Crippen molar-refractivity contribution in [1.29, 1.82) is 5.26 Å². The van der Waals surface area contributed by atoms with Crippen LogP contribution in [0.4, 0.5) is 20.2 Å². The van der Waals surface area contributed by atoms with Crippen molar-refractivity contribution in [1.82, 2.24) is 9.88 Å². The zero-order chi connectivity index (χ0) is 28.1. The van der Waals surface area contributed by atoms with Crippen molar-refractivity contribution in [2.75, 3.05) is 44.5 Å². The smallest absolute Gasteiger partial charge is 0.261 e. The van der Waals surface area contributed by atoms with Crippen LogP contribution in [-0.2, 0) is 0 Å². The molecule has 3 aromatic rings. The van der Waals surface area contributed by atoms with Crippen LogP contribution in [0.2, 0.25) is 0 Å². The quantitative estimate of drug-likeness (QED) is 0.482. The second kappa shape index (κ2) is 11.8. The summed E-state index contributed by atoms with van der Waals surface area (Å²) in [4.78, 5) is 33.4. The Hall–Kier alpha value is -4.72. The number of carbonyl (C=O) groups excluding carboxylic acids is 2. The summed E-state index contributed by atoms with van der Waals surface area (Å²) in [6.07, 6.45) is 2.18. The van der Waals surface area contributed by atoms with Crippen LogP contribution in [0.15, 0.2) is 48.7 Å². The Kier molecular flexibility index (Phi) is 8.24. The van der Waals surface area contributed by atoms with Crippen LogP contribution in [0.5, 0.6) is 11.6 Å². The molecule has 202 valence electrons. The second-order valence-electron chi connectivity index (χ2n) is 9.12. The van der Waals surface area contributed by atoms with E-state index >= 15 is 0 Å². The number of carbonyl (C=O) groups is 2. The van der Waals surface area contributed by atoms with Crippen molar-refractivity contribution in [3.8, 4) is 17.7 Å². The molecule has 0 unspecified atom stereocenters. The highest BCUT2D eigenvalue weighted by Crippen LogP contribution is 2.34. The molecule has 0 aliphatic carbocycles. The molecule has 2 amide bonds. The van der Waals surface area contributed by atoms with Gasteiger partial charge in [0.2, 0.25) is 5.88 Å². The van der Waals surface area contributed by atoms with Gasteiger partial charge in [0.25, 0.3) is 11.8 Å². The van der Waals surface area contributed by atoms with Crippen molar-refractivity contribution in [2.24, 2.45) is 0 Å². The first-order valence-electron chi connectivity index (χ1n) is 12.2. The number of benzene rings is 2. The molecule has 0 saturated carbocycles. The monoisotopic (exact) mass is 535 g/mol. The first-order valence-corrected chi connectivity index (χ1v) is 12.2. The molecule has 1 aliphatic rings. The lowest BCUT2D eigenvalue weighted by Gasteiger charge is -2.35. The second-order valence-corrected chi connectivity index (χ2v) is 9.12. The van der Waals surface area contributed by atoms with Crippen LogP contribution >= 0.6 is 0 Å². The third-order valence-electron chi connectivity index (χ3n) is 6.32. The third kappa shape index (κ3) is 6.06. The van der Waals surface area contributed by atoms with Gasteiger partial charge in [-0.15, -0.1) is 0 Å². The Bertz CT molecular complexity index is 1430. The Balaban J connectivity index is 1.63. The lowest BCUT2D eigenvalue weighted by Crippen LogP contribution is -2.39. The number of halogens is 2. The van der Waals surface area contributed by atoms with Gasteiger partial charge in [-0.25, -0.2) is 13.8 Å². The van der Waals surface area contributed by atoms with Crippen LogP contribution < -0.4 is 19.7 Å². The average Bonchev–Trinajstić information content (AvgIpc) is 2.94. The van der Waals surface area contributed by atoms with E-state index in [4.69, 9.17) is 9.47 Å². The fourth-order valence-corrected chi connectivity index (χ4v) is 4.34. The Morgan fingerprint density at radius 1 is 1.13 bits per heavy atom. The van der Waals surface area contributed by atoms with Crippen molar-refractivity contribution in [3.05, 3.63) is 77.0 Å². The first kappa shape index (κ1) is 27.3. The van der Waals surface area contributed by atoms with Crippen LogP contribution in [0.1, 0.15) is 39.1 Å². The molecule has 39 heavy (non-hydrogen) atoms. The number of nitrogens with zero attached hydrogens (tertiary/aromatic N) is 4. The molecule has 0 bridgehead atoms. The highest BCUT2D eigenvalue weighted by Gasteiger charge is 2.27. The lowest BCUT2D eigenvalue weighted by molar-refractivity contribution is 0.0827. The maximum Gasteiger partial charge on any atom is 0.261 e. The summed E-state index contributed by atoms with van der Waals surface area (Å²) in [6.45, 7) is 0.905.